The Morgan fingerprint density at radius 1 is 1.56 bits per heavy atom. The number of ether oxygens (including phenoxy) is 1. The van der Waals surface area contributed by atoms with E-state index in [1.807, 2.05) is 6.92 Å². The fourth-order valence-corrected chi connectivity index (χ4v) is 1.59. The standard InChI is InChI=1S/C10H18N2O4/c1-8-7-16-6-5-12(8)10(15)11(2)4-3-9(13)14/h8H,3-7H2,1-2H3,(H,13,14). The molecule has 0 aliphatic carbocycles. The van der Waals surface area contributed by atoms with Gasteiger partial charge in [0.2, 0.25) is 0 Å². The lowest BCUT2D eigenvalue weighted by molar-refractivity contribution is -0.137. The van der Waals surface area contributed by atoms with Gasteiger partial charge in [-0.25, -0.2) is 4.79 Å². The van der Waals surface area contributed by atoms with Gasteiger partial charge in [0, 0.05) is 20.1 Å². The molecule has 1 fully saturated rings. The summed E-state index contributed by atoms with van der Waals surface area (Å²) in [5.41, 5.74) is 0. The van der Waals surface area contributed by atoms with E-state index in [0.29, 0.717) is 19.8 Å². The van der Waals surface area contributed by atoms with Crippen LogP contribution < -0.4 is 0 Å². The van der Waals surface area contributed by atoms with Crippen LogP contribution in [-0.2, 0) is 9.53 Å². The third-order valence-corrected chi connectivity index (χ3v) is 2.60. The van der Waals surface area contributed by atoms with Crippen LogP contribution in [0.4, 0.5) is 4.79 Å². The number of aliphatic carboxylic acids is 1. The van der Waals surface area contributed by atoms with Gasteiger partial charge in [0.15, 0.2) is 0 Å². The number of hydrogen-bond acceptors (Lipinski definition) is 3. The molecule has 6 nitrogen and oxygen atoms in total. The molecule has 1 atom stereocenters. The van der Waals surface area contributed by atoms with E-state index in [4.69, 9.17) is 9.84 Å². The number of rotatable bonds is 3. The number of nitrogens with zero attached hydrogens (tertiary/aromatic N) is 2. The molecule has 0 aromatic rings. The highest BCUT2D eigenvalue weighted by molar-refractivity contribution is 5.75. The molecular weight excluding hydrogens is 212 g/mol. The first-order chi connectivity index (χ1) is 7.52. The molecule has 0 aromatic heterocycles. The minimum absolute atomic E-state index is 0.0268. The summed E-state index contributed by atoms with van der Waals surface area (Å²) in [6, 6.07) is -0.0782. The van der Waals surface area contributed by atoms with Gasteiger partial charge in [-0.15, -0.1) is 0 Å². The summed E-state index contributed by atoms with van der Waals surface area (Å²) in [6.07, 6.45) is -0.0268. The van der Waals surface area contributed by atoms with Crippen molar-refractivity contribution in [2.75, 3.05) is 33.4 Å². The minimum Gasteiger partial charge on any atom is -0.481 e. The zero-order valence-corrected chi connectivity index (χ0v) is 9.68. The van der Waals surface area contributed by atoms with Crippen LogP contribution in [0.1, 0.15) is 13.3 Å². The van der Waals surface area contributed by atoms with Crippen molar-refractivity contribution < 1.29 is 19.4 Å². The van der Waals surface area contributed by atoms with E-state index in [1.165, 1.54) is 4.90 Å². The molecule has 6 heteroatoms. The van der Waals surface area contributed by atoms with Crippen LogP contribution in [0.3, 0.4) is 0 Å². The van der Waals surface area contributed by atoms with E-state index in [-0.39, 0.29) is 25.0 Å². The summed E-state index contributed by atoms with van der Waals surface area (Å²) in [5, 5.41) is 8.53. The van der Waals surface area contributed by atoms with E-state index < -0.39 is 5.97 Å². The van der Waals surface area contributed by atoms with Crippen LogP contribution in [0.5, 0.6) is 0 Å². The van der Waals surface area contributed by atoms with Gasteiger partial charge in [-0.05, 0) is 6.92 Å². The summed E-state index contributed by atoms with van der Waals surface area (Å²) < 4.78 is 5.23. The van der Waals surface area contributed by atoms with E-state index in [0.717, 1.165) is 0 Å². The number of carbonyl (C=O) groups is 2. The van der Waals surface area contributed by atoms with Gasteiger partial charge in [-0.3, -0.25) is 4.79 Å². The van der Waals surface area contributed by atoms with Gasteiger partial charge in [0.25, 0.3) is 0 Å². The first-order valence-corrected chi connectivity index (χ1v) is 5.33. The van der Waals surface area contributed by atoms with Gasteiger partial charge in [-0.2, -0.15) is 0 Å². The second-order valence-corrected chi connectivity index (χ2v) is 3.97. The molecule has 16 heavy (non-hydrogen) atoms. The molecule has 92 valence electrons. The van der Waals surface area contributed by atoms with Gasteiger partial charge in [0.05, 0.1) is 25.7 Å². The Balaban J connectivity index is 2.45. The van der Waals surface area contributed by atoms with Crippen molar-refractivity contribution in [1.82, 2.24) is 9.80 Å². The highest BCUT2D eigenvalue weighted by atomic mass is 16.5. The molecule has 0 aromatic carbocycles. The van der Waals surface area contributed by atoms with Crippen LogP contribution in [-0.4, -0.2) is 66.3 Å². The summed E-state index contributed by atoms with van der Waals surface area (Å²) in [5.74, 6) is -0.894. The molecule has 0 spiro atoms. The van der Waals surface area contributed by atoms with E-state index >= 15 is 0 Å². The lowest BCUT2D eigenvalue weighted by Crippen LogP contribution is -2.51. The zero-order chi connectivity index (χ0) is 12.1. The SMILES string of the molecule is CC1COCCN1C(=O)N(C)CCC(=O)O. The largest absolute Gasteiger partial charge is 0.481 e. The Hall–Kier alpha value is -1.30. The molecule has 1 heterocycles. The van der Waals surface area contributed by atoms with E-state index in [9.17, 15) is 9.59 Å². The van der Waals surface area contributed by atoms with Crippen molar-refractivity contribution in [3.63, 3.8) is 0 Å². The Morgan fingerprint density at radius 3 is 2.81 bits per heavy atom. The smallest absolute Gasteiger partial charge is 0.320 e. The number of hydrogen-bond donors (Lipinski definition) is 1. The lowest BCUT2D eigenvalue weighted by atomic mass is 10.2. The normalized spacial score (nSPS) is 20.6. The number of amides is 2. The number of carboxylic acids is 1. The fraction of sp³-hybridized carbons (Fsp3) is 0.800. The molecular formula is C10H18N2O4. The van der Waals surface area contributed by atoms with Crippen molar-refractivity contribution in [2.45, 2.75) is 19.4 Å². The maximum Gasteiger partial charge on any atom is 0.320 e. The number of urea groups is 1. The summed E-state index contributed by atoms with van der Waals surface area (Å²) >= 11 is 0. The van der Waals surface area contributed by atoms with Crippen LogP contribution >= 0.6 is 0 Å². The predicted octanol–water partition coefficient (Wildman–Crippen LogP) is 0.234. The monoisotopic (exact) mass is 230 g/mol. The molecule has 1 N–H and O–H groups in total. The fourth-order valence-electron chi connectivity index (χ4n) is 1.59. The Bertz CT molecular complexity index is 270. The van der Waals surface area contributed by atoms with Gasteiger partial charge >= 0.3 is 12.0 Å². The molecule has 1 rings (SSSR count). The quantitative estimate of drug-likeness (QED) is 0.753. The zero-order valence-electron chi connectivity index (χ0n) is 9.68. The maximum absolute atomic E-state index is 11.9. The first-order valence-electron chi connectivity index (χ1n) is 5.33. The molecule has 0 saturated carbocycles. The summed E-state index contributed by atoms with van der Waals surface area (Å²) in [7, 11) is 1.62. The highest BCUT2D eigenvalue weighted by Gasteiger charge is 2.26. The molecule has 2 amide bonds. The molecule has 1 unspecified atom stereocenters. The van der Waals surface area contributed by atoms with Crippen molar-refractivity contribution in [2.24, 2.45) is 0 Å². The maximum atomic E-state index is 11.9. The topological polar surface area (TPSA) is 70.1 Å². The molecule has 0 bridgehead atoms. The van der Waals surface area contributed by atoms with Gasteiger partial charge < -0.3 is 19.6 Å². The highest BCUT2D eigenvalue weighted by Crippen LogP contribution is 2.09. The second-order valence-electron chi connectivity index (χ2n) is 3.97. The van der Waals surface area contributed by atoms with Crippen molar-refractivity contribution in [3.8, 4) is 0 Å². The summed E-state index contributed by atoms with van der Waals surface area (Å²) in [6.45, 7) is 3.80. The van der Waals surface area contributed by atoms with E-state index in [2.05, 4.69) is 0 Å². The Morgan fingerprint density at radius 2 is 2.25 bits per heavy atom. The van der Waals surface area contributed by atoms with Gasteiger partial charge in [-0.1, -0.05) is 0 Å². The van der Waals surface area contributed by atoms with Crippen LogP contribution in [0.25, 0.3) is 0 Å². The van der Waals surface area contributed by atoms with Crippen LogP contribution in [0.15, 0.2) is 0 Å². The second kappa shape index (κ2) is 5.69. The number of carbonyl (C=O) groups excluding carboxylic acids is 1. The number of carboxylic acid groups (broad SMARTS) is 1. The van der Waals surface area contributed by atoms with Crippen molar-refractivity contribution in [3.05, 3.63) is 0 Å². The third-order valence-electron chi connectivity index (χ3n) is 2.60. The third kappa shape index (κ3) is 3.37. The van der Waals surface area contributed by atoms with Crippen LogP contribution in [0.2, 0.25) is 0 Å². The minimum atomic E-state index is -0.894. The molecule has 1 aliphatic heterocycles. The molecule has 1 aliphatic rings. The molecule has 0 radical (unpaired) electrons. The number of morpholine rings is 1. The van der Waals surface area contributed by atoms with Crippen molar-refractivity contribution >= 4 is 12.0 Å². The predicted molar refractivity (Wildman–Crippen MR) is 57.3 cm³/mol. The summed E-state index contributed by atoms with van der Waals surface area (Å²) in [4.78, 5) is 25.5. The average molecular weight is 230 g/mol. The lowest BCUT2D eigenvalue weighted by Gasteiger charge is -2.35. The Kier molecular flexibility index (Phi) is 4.54. The average Bonchev–Trinajstić information content (AvgIpc) is 2.25. The van der Waals surface area contributed by atoms with Crippen molar-refractivity contribution in [1.29, 1.82) is 0 Å². The van der Waals surface area contributed by atoms with Gasteiger partial charge in [0.1, 0.15) is 0 Å². The molecule has 1 saturated heterocycles. The first kappa shape index (κ1) is 12.8. The van der Waals surface area contributed by atoms with E-state index in [1.54, 1.807) is 11.9 Å². The Labute approximate surface area is 94.8 Å². The van der Waals surface area contributed by atoms with Crippen LogP contribution in [0, 0.1) is 0 Å².